The Morgan fingerprint density at radius 1 is 1.17 bits per heavy atom. The molecule has 1 fully saturated rings. The molecule has 2 atom stereocenters. The first-order valence-electron chi connectivity index (χ1n) is 9.93. The van der Waals surface area contributed by atoms with Crippen LogP contribution in [0.2, 0.25) is 0 Å². The summed E-state index contributed by atoms with van der Waals surface area (Å²) in [4.78, 5) is 15.1. The molecule has 152 valence electrons. The average molecular weight is 394 g/mol. The van der Waals surface area contributed by atoms with Crippen LogP contribution >= 0.6 is 0 Å². The highest BCUT2D eigenvalue weighted by Gasteiger charge is 2.31. The summed E-state index contributed by atoms with van der Waals surface area (Å²) < 4.78 is 12.6. The standard InChI is InChI=1S/C22H26N4O3/c1-15(26-19-8-5-4-7-17(19)23-24-26)13-22(27)25-12-6-9-18(25)16-10-11-20(28-2)21(14-16)29-3/h4-5,7-8,10-11,14-15,18H,6,9,12-13H2,1-3H3. The normalized spacial score (nSPS) is 17.5. The van der Waals surface area contributed by atoms with E-state index in [1.807, 2.05) is 59.0 Å². The lowest BCUT2D eigenvalue weighted by atomic mass is 10.0. The minimum absolute atomic E-state index is 0.0574. The Labute approximate surface area is 170 Å². The summed E-state index contributed by atoms with van der Waals surface area (Å²) in [5.74, 6) is 1.51. The number of ether oxygens (including phenoxy) is 2. The van der Waals surface area contributed by atoms with Crippen LogP contribution < -0.4 is 9.47 Å². The zero-order valence-electron chi connectivity index (χ0n) is 17.0. The van der Waals surface area contributed by atoms with Gasteiger partial charge in [0, 0.05) is 13.0 Å². The van der Waals surface area contributed by atoms with Gasteiger partial charge in [0.25, 0.3) is 0 Å². The third kappa shape index (κ3) is 3.64. The fourth-order valence-electron chi connectivity index (χ4n) is 4.14. The van der Waals surface area contributed by atoms with E-state index in [4.69, 9.17) is 9.47 Å². The van der Waals surface area contributed by atoms with E-state index in [-0.39, 0.29) is 18.0 Å². The molecule has 2 unspecified atom stereocenters. The number of likely N-dealkylation sites (tertiary alicyclic amines) is 1. The maximum Gasteiger partial charge on any atom is 0.225 e. The molecular weight excluding hydrogens is 368 g/mol. The van der Waals surface area contributed by atoms with Crippen molar-refractivity contribution in [1.29, 1.82) is 0 Å². The number of hydrogen-bond donors (Lipinski definition) is 0. The van der Waals surface area contributed by atoms with Gasteiger partial charge >= 0.3 is 0 Å². The molecule has 1 amide bonds. The van der Waals surface area contributed by atoms with Crippen LogP contribution in [0.3, 0.4) is 0 Å². The summed E-state index contributed by atoms with van der Waals surface area (Å²) in [6.45, 7) is 2.78. The molecule has 2 heterocycles. The van der Waals surface area contributed by atoms with Crippen molar-refractivity contribution < 1.29 is 14.3 Å². The molecule has 4 rings (SSSR count). The molecule has 0 bridgehead atoms. The Bertz CT molecular complexity index is 1020. The summed E-state index contributed by atoms with van der Waals surface area (Å²) in [6.07, 6.45) is 2.32. The van der Waals surface area contributed by atoms with Crippen molar-refractivity contribution in [2.45, 2.75) is 38.3 Å². The van der Waals surface area contributed by atoms with Crippen LogP contribution in [0.5, 0.6) is 11.5 Å². The Hall–Kier alpha value is -3.09. The van der Waals surface area contributed by atoms with E-state index in [1.54, 1.807) is 14.2 Å². The molecule has 1 aliphatic heterocycles. The van der Waals surface area contributed by atoms with E-state index in [1.165, 1.54) is 0 Å². The first-order chi connectivity index (χ1) is 14.1. The van der Waals surface area contributed by atoms with E-state index >= 15 is 0 Å². The number of benzene rings is 2. The second kappa shape index (κ2) is 8.11. The lowest BCUT2D eigenvalue weighted by Crippen LogP contribution is -2.32. The molecule has 0 saturated carbocycles. The van der Waals surface area contributed by atoms with Gasteiger partial charge in [-0.15, -0.1) is 5.10 Å². The summed E-state index contributed by atoms with van der Waals surface area (Å²) >= 11 is 0. The molecule has 3 aromatic rings. The van der Waals surface area contributed by atoms with Crippen LogP contribution in [0, 0.1) is 0 Å². The number of carbonyl (C=O) groups excluding carboxylic acids is 1. The van der Waals surface area contributed by atoms with Crippen LogP contribution in [0.25, 0.3) is 11.0 Å². The molecular formula is C22H26N4O3. The zero-order valence-corrected chi connectivity index (χ0v) is 17.0. The largest absolute Gasteiger partial charge is 0.493 e. The Morgan fingerprint density at radius 3 is 2.76 bits per heavy atom. The van der Waals surface area contributed by atoms with Crippen molar-refractivity contribution in [3.63, 3.8) is 0 Å². The van der Waals surface area contributed by atoms with E-state index < -0.39 is 0 Å². The van der Waals surface area contributed by atoms with Gasteiger partial charge in [0.1, 0.15) is 5.52 Å². The molecule has 0 spiro atoms. The predicted octanol–water partition coefficient (Wildman–Crippen LogP) is 3.76. The molecule has 1 aromatic heterocycles. The van der Waals surface area contributed by atoms with Gasteiger partial charge in [-0.05, 0) is 49.6 Å². The fraction of sp³-hybridized carbons (Fsp3) is 0.409. The van der Waals surface area contributed by atoms with Crippen molar-refractivity contribution in [3.05, 3.63) is 48.0 Å². The number of fused-ring (bicyclic) bond motifs is 1. The molecule has 0 N–H and O–H groups in total. The summed E-state index contributed by atoms with van der Waals surface area (Å²) in [7, 11) is 3.25. The second-order valence-electron chi connectivity index (χ2n) is 7.44. The highest BCUT2D eigenvalue weighted by molar-refractivity contribution is 5.78. The fourth-order valence-corrected chi connectivity index (χ4v) is 4.14. The first kappa shape index (κ1) is 19.2. The molecule has 7 nitrogen and oxygen atoms in total. The highest BCUT2D eigenvalue weighted by atomic mass is 16.5. The van der Waals surface area contributed by atoms with Crippen LogP contribution in [0.4, 0.5) is 0 Å². The molecule has 29 heavy (non-hydrogen) atoms. The maximum absolute atomic E-state index is 13.2. The average Bonchev–Trinajstić information content (AvgIpc) is 3.40. The second-order valence-corrected chi connectivity index (χ2v) is 7.44. The molecule has 1 aliphatic rings. The van der Waals surface area contributed by atoms with Gasteiger partial charge in [0.15, 0.2) is 11.5 Å². The monoisotopic (exact) mass is 394 g/mol. The van der Waals surface area contributed by atoms with Crippen LogP contribution in [-0.4, -0.2) is 46.6 Å². The number of methoxy groups -OCH3 is 2. The number of hydrogen-bond acceptors (Lipinski definition) is 5. The lowest BCUT2D eigenvalue weighted by molar-refractivity contribution is -0.132. The van der Waals surface area contributed by atoms with E-state index in [0.29, 0.717) is 17.9 Å². The Morgan fingerprint density at radius 2 is 1.97 bits per heavy atom. The van der Waals surface area contributed by atoms with Crippen molar-refractivity contribution in [2.24, 2.45) is 0 Å². The Balaban J connectivity index is 1.52. The first-order valence-corrected chi connectivity index (χ1v) is 9.93. The van der Waals surface area contributed by atoms with E-state index in [2.05, 4.69) is 10.3 Å². The highest BCUT2D eigenvalue weighted by Crippen LogP contribution is 2.37. The van der Waals surface area contributed by atoms with Gasteiger partial charge in [-0.3, -0.25) is 4.79 Å². The third-order valence-corrected chi connectivity index (χ3v) is 5.63. The lowest BCUT2D eigenvalue weighted by Gasteiger charge is -2.27. The van der Waals surface area contributed by atoms with Crippen molar-refractivity contribution in [1.82, 2.24) is 19.9 Å². The predicted molar refractivity (Wildman–Crippen MR) is 110 cm³/mol. The number of para-hydroxylation sites is 1. The molecule has 0 radical (unpaired) electrons. The topological polar surface area (TPSA) is 69.5 Å². The minimum atomic E-state index is -0.0680. The van der Waals surface area contributed by atoms with Crippen molar-refractivity contribution in [3.8, 4) is 11.5 Å². The van der Waals surface area contributed by atoms with Gasteiger partial charge in [-0.2, -0.15) is 0 Å². The zero-order chi connectivity index (χ0) is 20.4. The quantitative estimate of drug-likeness (QED) is 0.637. The smallest absolute Gasteiger partial charge is 0.225 e. The van der Waals surface area contributed by atoms with Gasteiger partial charge in [-0.25, -0.2) is 4.68 Å². The SMILES string of the molecule is COc1ccc(C2CCCN2C(=O)CC(C)n2nnc3ccccc32)cc1OC. The van der Waals surface area contributed by atoms with Gasteiger partial charge in [0.2, 0.25) is 5.91 Å². The Kier molecular flexibility index (Phi) is 5.38. The van der Waals surface area contributed by atoms with Crippen molar-refractivity contribution in [2.75, 3.05) is 20.8 Å². The van der Waals surface area contributed by atoms with E-state index in [9.17, 15) is 4.79 Å². The summed E-state index contributed by atoms with van der Waals surface area (Å²) in [5.41, 5.74) is 2.87. The molecule has 2 aromatic carbocycles. The number of aromatic nitrogens is 3. The van der Waals surface area contributed by atoms with Crippen molar-refractivity contribution >= 4 is 16.9 Å². The minimum Gasteiger partial charge on any atom is -0.493 e. The summed E-state index contributed by atoms with van der Waals surface area (Å²) in [5, 5.41) is 8.46. The van der Waals surface area contributed by atoms with Crippen LogP contribution in [0.15, 0.2) is 42.5 Å². The molecule has 7 heteroatoms. The van der Waals surface area contributed by atoms with Gasteiger partial charge in [-0.1, -0.05) is 23.4 Å². The number of amides is 1. The van der Waals surface area contributed by atoms with Gasteiger partial charge in [0.05, 0.1) is 31.8 Å². The number of rotatable bonds is 6. The summed E-state index contributed by atoms with van der Waals surface area (Å²) in [6, 6.07) is 13.7. The third-order valence-electron chi connectivity index (χ3n) is 5.63. The number of nitrogens with zero attached hydrogens (tertiary/aromatic N) is 4. The molecule has 0 aliphatic carbocycles. The molecule has 1 saturated heterocycles. The van der Waals surface area contributed by atoms with E-state index in [0.717, 1.165) is 36.0 Å². The van der Waals surface area contributed by atoms with Gasteiger partial charge < -0.3 is 14.4 Å². The maximum atomic E-state index is 13.2. The number of carbonyl (C=O) groups is 1. The van der Waals surface area contributed by atoms with Crippen LogP contribution in [0.1, 0.15) is 43.8 Å². The van der Waals surface area contributed by atoms with Crippen LogP contribution in [-0.2, 0) is 4.79 Å².